The Kier molecular flexibility index (Phi) is 4.19. The van der Waals surface area contributed by atoms with Gasteiger partial charge in [-0.1, -0.05) is 24.3 Å². The van der Waals surface area contributed by atoms with E-state index in [1.807, 2.05) is 24.3 Å². The fourth-order valence-electron chi connectivity index (χ4n) is 4.02. The van der Waals surface area contributed by atoms with Gasteiger partial charge >= 0.3 is 6.03 Å². The van der Waals surface area contributed by atoms with Crippen LogP contribution in [0.2, 0.25) is 0 Å². The third kappa shape index (κ3) is 2.78. The van der Waals surface area contributed by atoms with Crippen molar-refractivity contribution in [3.8, 4) is 0 Å². The Morgan fingerprint density at radius 2 is 1.96 bits per heavy atom. The molecule has 2 aromatic rings. The van der Waals surface area contributed by atoms with Gasteiger partial charge in [0.25, 0.3) is 5.91 Å². The maximum atomic E-state index is 13.9. The highest BCUT2D eigenvalue weighted by atomic mass is 19.1. The molecule has 1 aliphatic heterocycles. The number of aliphatic hydroxyl groups is 1. The van der Waals surface area contributed by atoms with Crippen molar-refractivity contribution < 1.29 is 23.5 Å². The van der Waals surface area contributed by atoms with Crippen molar-refractivity contribution in [1.29, 1.82) is 0 Å². The van der Waals surface area contributed by atoms with Crippen LogP contribution < -0.4 is 5.32 Å². The van der Waals surface area contributed by atoms with E-state index in [4.69, 9.17) is 0 Å². The van der Waals surface area contributed by atoms with Gasteiger partial charge < -0.3 is 10.4 Å². The Balaban J connectivity index is 1.64. The number of fused-ring (bicyclic) bond motifs is 2. The summed E-state index contributed by atoms with van der Waals surface area (Å²) in [7, 11) is 0. The summed E-state index contributed by atoms with van der Waals surface area (Å²) in [6.07, 6.45) is 0.482. The van der Waals surface area contributed by atoms with Crippen molar-refractivity contribution in [2.24, 2.45) is 0 Å². The number of carbonyl (C=O) groups is 2. The summed E-state index contributed by atoms with van der Waals surface area (Å²) in [5.41, 5.74) is 0.298. The number of aliphatic hydroxyl groups excluding tert-OH is 1. The normalized spacial score (nSPS) is 22.7. The molecule has 1 saturated heterocycles. The molecule has 3 amide bonds. The Bertz CT molecular complexity index is 933. The van der Waals surface area contributed by atoms with E-state index in [9.17, 15) is 23.5 Å². The van der Waals surface area contributed by atoms with Crippen LogP contribution in [0.15, 0.2) is 42.5 Å². The topological polar surface area (TPSA) is 69.6 Å². The number of β-amino-alcohol motifs (C(OH)–C–C–N with tert-alkyl or cyclic N) is 1. The molecule has 2 aliphatic rings. The van der Waals surface area contributed by atoms with Gasteiger partial charge in [0.15, 0.2) is 0 Å². The van der Waals surface area contributed by atoms with E-state index in [0.717, 1.165) is 47.1 Å². The number of nitrogens with one attached hydrogen (secondary N) is 1. The number of imide groups is 1. The number of benzene rings is 2. The molecular formula is C20H18F2N2O3. The first-order valence-electron chi connectivity index (χ1n) is 8.78. The van der Waals surface area contributed by atoms with Crippen LogP contribution in [-0.2, 0) is 16.8 Å². The van der Waals surface area contributed by atoms with Crippen molar-refractivity contribution in [3.63, 3.8) is 0 Å². The Morgan fingerprint density at radius 1 is 1.19 bits per heavy atom. The predicted molar refractivity (Wildman–Crippen MR) is 92.6 cm³/mol. The third-order valence-corrected chi connectivity index (χ3v) is 5.32. The molecule has 27 heavy (non-hydrogen) atoms. The summed E-state index contributed by atoms with van der Waals surface area (Å²) in [6, 6.07) is 9.50. The van der Waals surface area contributed by atoms with Crippen LogP contribution in [0.1, 0.15) is 35.6 Å². The molecule has 140 valence electrons. The standard InChI is InChI=1S/C20H18F2N2O3/c21-13-7-8-16(22)14(10-13)17(25)11-24-18(26)20(23-19(24)27)9-3-5-12-4-1-2-6-15(12)20/h1-2,4,6-8,10,17,25H,3,5,9,11H2,(H,23,27)/t17-,20+/m1/s1. The number of hydrogen-bond acceptors (Lipinski definition) is 3. The average Bonchev–Trinajstić information content (AvgIpc) is 2.89. The molecule has 2 atom stereocenters. The van der Waals surface area contributed by atoms with Crippen molar-refractivity contribution in [2.75, 3.05) is 6.54 Å². The van der Waals surface area contributed by atoms with E-state index in [1.54, 1.807) is 0 Å². The van der Waals surface area contributed by atoms with Crippen LogP contribution in [0, 0.1) is 11.6 Å². The molecule has 0 aromatic heterocycles. The lowest BCUT2D eigenvalue weighted by Crippen LogP contribution is -2.46. The number of aryl methyl sites for hydroxylation is 1. The second-order valence-corrected chi connectivity index (χ2v) is 6.94. The summed E-state index contributed by atoms with van der Waals surface area (Å²) < 4.78 is 27.3. The zero-order chi connectivity index (χ0) is 19.2. The molecule has 2 N–H and O–H groups in total. The first-order valence-corrected chi connectivity index (χ1v) is 8.78. The molecule has 1 fully saturated rings. The van der Waals surface area contributed by atoms with E-state index in [1.165, 1.54) is 0 Å². The third-order valence-electron chi connectivity index (χ3n) is 5.32. The molecule has 0 saturated carbocycles. The SMILES string of the molecule is O=C1N[C@]2(CCCc3ccccc32)C(=O)N1C[C@@H](O)c1cc(F)ccc1F. The van der Waals surface area contributed by atoms with E-state index in [-0.39, 0.29) is 5.56 Å². The molecule has 0 bridgehead atoms. The number of rotatable bonds is 3. The number of carbonyl (C=O) groups excluding carboxylic acids is 2. The molecule has 7 heteroatoms. The Labute approximate surface area is 154 Å². The smallest absolute Gasteiger partial charge is 0.325 e. The number of nitrogens with zero attached hydrogens (tertiary/aromatic N) is 1. The number of urea groups is 1. The van der Waals surface area contributed by atoms with Gasteiger partial charge in [-0.25, -0.2) is 13.6 Å². The number of halogens is 2. The van der Waals surface area contributed by atoms with Crippen LogP contribution in [0.5, 0.6) is 0 Å². The van der Waals surface area contributed by atoms with Crippen LogP contribution in [-0.4, -0.2) is 28.5 Å². The summed E-state index contributed by atoms with van der Waals surface area (Å²) in [5.74, 6) is -1.98. The highest BCUT2D eigenvalue weighted by molar-refractivity contribution is 6.07. The van der Waals surface area contributed by atoms with Gasteiger partial charge in [0.2, 0.25) is 0 Å². The lowest BCUT2D eigenvalue weighted by Gasteiger charge is -2.33. The molecule has 1 aliphatic carbocycles. The van der Waals surface area contributed by atoms with Crippen molar-refractivity contribution >= 4 is 11.9 Å². The Morgan fingerprint density at radius 3 is 2.78 bits per heavy atom. The summed E-state index contributed by atoms with van der Waals surface area (Å²) in [6.45, 7) is -0.449. The minimum absolute atomic E-state index is 0.291. The van der Waals surface area contributed by atoms with Gasteiger partial charge in [-0.05, 0) is 48.6 Å². The van der Waals surface area contributed by atoms with E-state index >= 15 is 0 Å². The summed E-state index contributed by atoms with van der Waals surface area (Å²) in [4.78, 5) is 26.5. The second-order valence-electron chi connectivity index (χ2n) is 6.94. The largest absolute Gasteiger partial charge is 0.386 e. The molecule has 0 unspecified atom stereocenters. The van der Waals surface area contributed by atoms with Gasteiger partial charge in [-0.2, -0.15) is 0 Å². The fraction of sp³-hybridized carbons (Fsp3) is 0.300. The zero-order valence-corrected chi connectivity index (χ0v) is 14.4. The van der Waals surface area contributed by atoms with Crippen LogP contribution >= 0.6 is 0 Å². The molecule has 0 radical (unpaired) electrons. The highest BCUT2D eigenvalue weighted by Gasteiger charge is 2.54. The maximum absolute atomic E-state index is 13.9. The van der Waals surface area contributed by atoms with Gasteiger partial charge in [-0.15, -0.1) is 0 Å². The van der Waals surface area contributed by atoms with E-state index < -0.39 is 41.8 Å². The van der Waals surface area contributed by atoms with E-state index in [2.05, 4.69) is 5.32 Å². The van der Waals surface area contributed by atoms with Gasteiger partial charge in [-0.3, -0.25) is 9.69 Å². The van der Waals surface area contributed by atoms with Crippen molar-refractivity contribution in [3.05, 3.63) is 70.8 Å². The lowest BCUT2D eigenvalue weighted by molar-refractivity contribution is -0.133. The van der Waals surface area contributed by atoms with Crippen LogP contribution in [0.4, 0.5) is 13.6 Å². The predicted octanol–water partition coefficient (Wildman–Crippen LogP) is 2.78. The Hall–Kier alpha value is -2.80. The van der Waals surface area contributed by atoms with Gasteiger partial charge in [0, 0.05) is 5.56 Å². The number of hydrogen-bond donors (Lipinski definition) is 2. The van der Waals surface area contributed by atoms with E-state index in [0.29, 0.717) is 6.42 Å². The molecule has 1 heterocycles. The molecular weight excluding hydrogens is 354 g/mol. The van der Waals surface area contributed by atoms with Gasteiger partial charge in [0.1, 0.15) is 23.3 Å². The summed E-state index contributed by atoms with van der Waals surface area (Å²) in [5, 5.41) is 13.1. The highest BCUT2D eigenvalue weighted by Crippen LogP contribution is 2.40. The minimum atomic E-state index is -1.52. The maximum Gasteiger partial charge on any atom is 0.325 e. The first-order chi connectivity index (χ1) is 12.9. The van der Waals surface area contributed by atoms with Crippen molar-refractivity contribution in [1.82, 2.24) is 10.2 Å². The number of amides is 3. The van der Waals surface area contributed by atoms with Crippen LogP contribution in [0.3, 0.4) is 0 Å². The van der Waals surface area contributed by atoms with Crippen LogP contribution in [0.25, 0.3) is 0 Å². The second kappa shape index (κ2) is 6.42. The summed E-state index contributed by atoms with van der Waals surface area (Å²) >= 11 is 0. The first kappa shape index (κ1) is 17.6. The van der Waals surface area contributed by atoms with Gasteiger partial charge in [0.05, 0.1) is 6.54 Å². The molecule has 2 aromatic carbocycles. The molecule has 1 spiro atoms. The molecule has 5 nitrogen and oxygen atoms in total. The average molecular weight is 372 g/mol. The fourth-order valence-corrected chi connectivity index (χ4v) is 4.02. The quantitative estimate of drug-likeness (QED) is 0.814. The minimum Gasteiger partial charge on any atom is -0.386 e. The monoisotopic (exact) mass is 372 g/mol. The molecule has 4 rings (SSSR count). The lowest BCUT2D eigenvalue weighted by atomic mass is 9.76. The zero-order valence-electron chi connectivity index (χ0n) is 14.4. The van der Waals surface area contributed by atoms with Crippen molar-refractivity contribution in [2.45, 2.75) is 30.9 Å².